The first-order valence-corrected chi connectivity index (χ1v) is 8.22. The highest BCUT2D eigenvalue weighted by molar-refractivity contribution is 6.35. The van der Waals surface area contributed by atoms with Gasteiger partial charge in [0.25, 0.3) is 11.8 Å². The van der Waals surface area contributed by atoms with Crippen molar-refractivity contribution in [2.24, 2.45) is 0 Å². The summed E-state index contributed by atoms with van der Waals surface area (Å²) in [6.45, 7) is 1.42. The summed E-state index contributed by atoms with van der Waals surface area (Å²) in [5.41, 5.74) is 6.06. The van der Waals surface area contributed by atoms with Crippen LogP contribution in [0.2, 0.25) is 10.0 Å². The summed E-state index contributed by atoms with van der Waals surface area (Å²) in [4.78, 5) is 34.7. The van der Waals surface area contributed by atoms with Crippen molar-refractivity contribution in [2.45, 2.75) is 6.92 Å². The topological polar surface area (TPSA) is 87.3 Å². The van der Waals surface area contributed by atoms with Crippen molar-refractivity contribution >= 4 is 52.7 Å². The molecule has 3 amide bonds. The van der Waals surface area contributed by atoms with Gasteiger partial charge in [-0.2, -0.15) is 0 Å². The standard InChI is InChI=1S/C18H15Cl2N3O3/c1-11(24)21-14-6-2-12(3-7-14)4-9-17(25)22-23-18(26)15-10-13(19)5-8-16(15)20/h2-10H,1H3,(H,21,24)(H,22,25)(H,23,26)/b9-4+. The molecule has 0 spiro atoms. The average molecular weight is 392 g/mol. The molecule has 2 aromatic rings. The van der Waals surface area contributed by atoms with Gasteiger partial charge < -0.3 is 5.32 Å². The maximum Gasteiger partial charge on any atom is 0.271 e. The minimum atomic E-state index is -0.584. The number of hydrogen-bond donors (Lipinski definition) is 3. The number of nitrogens with one attached hydrogen (secondary N) is 3. The predicted molar refractivity (Wildman–Crippen MR) is 102 cm³/mol. The van der Waals surface area contributed by atoms with E-state index >= 15 is 0 Å². The van der Waals surface area contributed by atoms with E-state index in [1.54, 1.807) is 36.4 Å². The first-order chi connectivity index (χ1) is 12.3. The van der Waals surface area contributed by atoms with Gasteiger partial charge in [-0.15, -0.1) is 0 Å². The minimum Gasteiger partial charge on any atom is -0.326 e. The average Bonchev–Trinajstić information content (AvgIpc) is 2.60. The van der Waals surface area contributed by atoms with Crippen LogP contribution in [0.4, 0.5) is 5.69 Å². The normalized spacial score (nSPS) is 10.4. The molecule has 2 aromatic carbocycles. The number of amides is 3. The van der Waals surface area contributed by atoms with E-state index in [4.69, 9.17) is 23.2 Å². The Morgan fingerprint density at radius 3 is 2.31 bits per heavy atom. The SMILES string of the molecule is CC(=O)Nc1ccc(/C=C/C(=O)NNC(=O)c2cc(Cl)ccc2Cl)cc1. The van der Waals surface area contributed by atoms with Crippen LogP contribution in [0.15, 0.2) is 48.5 Å². The van der Waals surface area contributed by atoms with Crippen LogP contribution < -0.4 is 16.2 Å². The summed E-state index contributed by atoms with van der Waals surface area (Å²) in [6.07, 6.45) is 2.82. The van der Waals surface area contributed by atoms with Crippen LogP contribution in [0.3, 0.4) is 0 Å². The second-order valence-electron chi connectivity index (χ2n) is 5.20. The van der Waals surface area contributed by atoms with Crippen LogP contribution in [-0.4, -0.2) is 17.7 Å². The maximum atomic E-state index is 12.0. The van der Waals surface area contributed by atoms with E-state index in [2.05, 4.69) is 16.2 Å². The second-order valence-corrected chi connectivity index (χ2v) is 6.05. The first kappa shape index (κ1) is 19.5. The van der Waals surface area contributed by atoms with Crippen molar-refractivity contribution < 1.29 is 14.4 Å². The Morgan fingerprint density at radius 2 is 1.65 bits per heavy atom. The minimum absolute atomic E-state index is 0.150. The van der Waals surface area contributed by atoms with Crippen molar-refractivity contribution in [3.63, 3.8) is 0 Å². The summed E-state index contributed by atoms with van der Waals surface area (Å²) >= 11 is 11.7. The Kier molecular flexibility index (Phi) is 6.77. The first-order valence-electron chi connectivity index (χ1n) is 7.46. The molecule has 0 aromatic heterocycles. The smallest absolute Gasteiger partial charge is 0.271 e. The Morgan fingerprint density at radius 1 is 0.962 bits per heavy atom. The third-order valence-corrected chi connectivity index (χ3v) is 3.70. The van der Waals surface area contributed by atoms with E-state index in [-0.39, 0.29) is 16.5 Å². The quantitative estimate of drug-likeness (QED) is 0.551. The van der Waals surface area contributed by atoms with Gasteiger partial charge >= 0.3 is 0 Å². The fourth-order valence-electron chi connectivity index (χ4n) is 1.95. The van der Waals surface area contributed by atoms with E-state index in [0.29, 0.717) is 10.7 Å². The van der Waals surface area contributed by atoms with Crippen molar-refractivity contribution in [3.8, 4) is 0 Å². The lowest BCUT2D eigenvalue weighted by Gasteiger charge is -2.07. The van der Waals surface area contributed by atoms with Crippen molar-refractivity contribution in [1.82, 2.24) is 10.9 Å². The van der Waals surface area contributed by atoms with Gasteiger partial charge in [-0.25, -0.2) is 0 Å². The molecule has 0 aliphatic rings. The highest BCUT2D eigenvalue weighted by atomic mass is 35.5. The molecular formula is C18H15Cl2N3O3. The molecule has 134 valence electrons. The highest BCUT2D eigenvalue weighted by Gasteiger charge is 2.11. The summed E-state index contributed by atoms with van der Waals surface area (Å²) in [5, 5.41) is 3.22. The van der Waals surface area contributed by atoms with Gasteiger partial charge in [-0.1, -0.05) is 35.3 Å². The van der Waals surface area contributed by atoms with Crippen molar-refractivity contribution in [3.05, 3.63) is 69.7 Å². The van der Waals surface area contributed by atoms with E-state index in [0.717, 1.165) is 5.56 Å². The number of halogens is 2. The zero-order valence-electron chi connectivity index (χ0n) is 13.7. The van der Waals surface area contributed by atoms with Gasteiger partial charge in [0.05, 0.1) is 10.6 Å². The van der Waals surface area contributed by atoms with Crippen LogP contribution in [-0.2, 0) is 9.59 Å². The fourth-order valence-corrected chi connectivity index (χ4v) is 2.33. The van der Waals surface area contributed by atoms with Crippen LogP contribution >= 0.6 is 23.2 Å². The molecule has 8 heteroatoms. The largest absolute Gasteiger partial charge is 0.326 e. The molecule has 3 N–H and O–H groups in total. The molecule has 0 aliphatic heterocycles. The number of hydrogen-bond acceptors (Lipinski definition) is 3. The Bertz CT molecular complexity index is 864. The molecule has 0 fully saturated rings. The molecule has 0 bridgehead atoms. The Balaban J connectivity index is 1.90. The van der Waals surface area contributed by atoms with E-state index in [9.17, 15) is 14.4 Å². The molecule has 0 radical (unpaired) electrons. The van der Waals surface area contributed by atoms with Gasteiger partial charge in [0.1, 0.15) is 0 Å². The number of rotatable bonds is 4. The lowest BCUT2D eigenvalue weighted by Crippen LogP contribution is -2.40. The molecular weight excluding hydrogens is 377 g/mol. The molecule has 0 unspecified atom stereocenters. The van der Waals surface area contributed by atoms with Crippen molar-refractivity contribution in [1.29, 1.82) is 0 Å². The van der Waals surface area contributed by atoms with E-state index in [1.807, 2.05) is 0 Å². The third kappa shape index (κ3) is 5.91. The summed E-state index contributed by atoms with van der Waals surface area (Å²) in [5.74, 6) is -1.27. The number of hydrazine groups is 1. The zero-order chi connectivity index (χ0) is 19.1. The molecule has 2 rings (SSSR count). The molecule has 0 aliphatic carbocycles. The molecule has 0 saturated heterocycles. The lowest BCUT2D eigenvalue weighted by molar-refractivity contribution is -0.117. The second kappa shape index (κ2) is 9.03. The predicted octanol–water partition coefficient (Wildman–Crippen LogP) is 3.43. The number of carbonyl (C=O) groups is 3. The summed E-state index contributed by atoms with van der Waals surface area (Å²) in [6, 6.07) is 11.3. The lowest BCUT2D eigenvalue weighted by atomic mass is 10.2. The number of anilines is 1. The molecule has 0 saturated carbocycles. The van der Waals surface area contributed by atoms with Gasteiger partial charge in [-0.3, -0.25) is 25.2 Å². The maximum absolute atomic E-state index is 12.0. The molecule has 0 heterocycles. The van der Waals surface area contributed by atoms with Gasteiger partial charge in [-0.05, 0) is 42.0 Å². The molecule has 6 nitrogen and oxygen atoms in total. The van der Waals surface area contributed by atoms with Crippen LogP contribution in [0.1, 0.15) is 22.8 Å². The highest BCUT2D eigenvalue weighted by Crippen LogP contribution is 2.20. The van der Waals surface area contributed by atoms with Gasteiger partial charge in [0.2, 0.25) is 5.91 Å². The molecule has 26 heavy (non-hydrogen) atoms. The number of carbonyl (C=O) groups excluding carboxylic acids is 3. The van der Waals surface area contributed by atoms with Crippen LogP contribution in [0.5, 0.6) is 0 Å². The van der Waals surface area contributed by atoms with Crippen LogP contribution in [0, 0.1) is 0 Å². The van der Waals surface area contributed by atoms with Crippen molar-refractivity contribution in [2.75, 3.05) is 5.32 Å². The van der Waals surface area contributed by atoms with Gasteiger partial charge in [0.15, 0.2) is 0 Å². The van der Waals surface area contributed by atoms with E-state index in [1.165, 1.54) is 25.1 Å². The monoisotopic (exact) mass is 391 g/mol. The number of benzene rings is 2. The molecule has 0 atom stereocenters. The summed E-state index contributed by atoms with van der Waals surface area (Å²) < 4.78 is 0. The van der Waals surface area contributed by atoms with Crippen LogP contribution in [0.25, 0.3) is 6.08 Å². The summed E-state index contributed by atoms with van der Waals surface area (Å²) in [7, 11) is 0. The van der Waals surface area contributed by atoms with E-state index < -0.39 is 11.8 Å². The third-order valence-electron chi connectivity index (χ3n) is 3.13. The van der Waals surface area contributed by atoms with Gasteiger partial charge in [0, 0.05) is 23.7 Å². The fraction of sp³-hybridized carbons (Fsp3) is 0.0556. The Hall–Kier alpha value is -2.83. The Labute approximate surface area is 160 Å². The zero-order valence-corrected chi connectivity index (χ0v) is 15.2.